The number of rotatable bonds is 4. The summed E-state index contributed by atoms with van der Waals surface area (Å²) in [5, 5.41) is 8.72. The van der Waals surface area contributed by atoms with Gasteiger partial charge in [0.15, 0.2) is 0 Å². The van der Waals surface area contributed by atoms with Gasteiger partial charge >= 0.3 is 6.03 Å². The Morgan fingerprint density at radius 1 is 1.32 bits per heavy atom. The van der Waals surface area contributed by atoms with E-state index in [2.05, 4.69) is 0 Å². The highest BCUT2D eigenvalue weighted by Gasteiger charge is 2.36. The molecule has 3 amide bonds. The number of nitrogens with zero attached hydrogens (tertiary/aromatic N) is 3. The van der Waals surface area contributed by atoms with Crippen molar-refractivity contribution in [3.05, 3.63) is 29.8 Å². The number of benzene rings is 1. The third kappa shape index (κ3) is 2.56. The lowest BCUT2D eigenvalue weighted by molar-refractivity contribution is -0.116. The molecule has 0 radical (unpaired) electrons. The predicted octanol–water partition coefficient (Wildman–Crippen LogP) is 0.973. The summed E-state index contributed by atoms with van der Waals surface area (Å²) in [5.41, 5.74) is 0.966. The fourth-order valence-electron chi connectivity index (χ4n) is 1.87. The van der Waals surface area contributed by atoms with Gasteiger partial charge in [-0.15, -0.1) is 0 Å². The molecule has 1 fully saturated rings. The predicted molar refractivity (Wildman–Crippen MR) is 67.5 cm³/mol. The fourth-order valence-corrected chi connectivity index (χ4v) is 1.87. The molecule has 1 aliphatic heterocycles. The summed E-state index contributed by atoms with van der Waals surface area (Å²) in [7, 11) is 1.54. The molecular weight excluding hydrogens is 246 g/mol. The van der Waals surface area contributed by atoms with E-state index in [1.807, 2.05) is 6.07 Å². The number of hydrogen-bond acceptors (Lipinski definition) is 4. The Hall–Kier alpha value is -2.39. The van der Waals surface area contributed by atoms with Crippen LogP contribution in [0.5, 0.6) is 0 Å². The topological polar surface area (TPSA) is 73.6 Å². The van der Waals surface area contributed by atoms with Crippen LogP contribution < -0.4 is 4.90 Å². The first-order valence-corrected chi connectivity index (χ1v) is 5.78. The van der Waals surface area contributed by atoms with Crippen molar-refractivity contribution in [3.63, 3.8) is 0 Å². The van der Waals surface area contributed by atoms with Crippen molar-refractivity contribution >= 4 is 17.6 Å². The highest BCUT2D eigenvalue weighted by molar-refractivity contribution is 6.19. The summed E-state index contributed by atoms with van der Waals surface area (Å²) >= 11 is 0. The Bertz CT molecular complexity index is 533. The number of urea groups is 1. The van der Waals surface area contributed by atoms with Gasteiger partial charge in [-0.05, 0) is 24.3 Å². The summed E-state index contributed by atoms with van der Waals surface area (Å²) in [5.74, 6) is -0.272. The van der Waals surface area contributed by atoms with E-state index in [1.165, 1.54) is 4.90 Å². The first-order chi connectivity index (χ1) is 9.17. The molecule has 1 heterocycles. The van der Waals surface area contributed by atoms with Crippen molar-refractivity contribution in [2.24, 2.45) is 0 Å². The zero-order chi connectivity index (χ0) is 13.8. The second-order valence-corrected chi connectivity index (χ2v) is 4.08. The fraction of sp³-hybridized carbons (Fsp3) is 0.308. The lowest BCUT2D eigenvalue weighted by Gasteiger charge is -2.16. The van der Waals surface area contributed by atoms with Crippen LogP contribution in [-0.2, 0) is 9.53 Å². The molecule has 19 heavy (non-hydrogen) atoms. The Morgan fingerprint density at radius 3 is 2.58 bits per heavy atom. The number of carbonyl (C=O) groups is 2. The van der Waals surface area contributed by atoms with Gasteiger partial charge in [0, 0.05) is 13.7 Å². The zero-order valence-electron chi connectivity index (χ0n) is 10.5. The summed E-state index contributed by atoms with van der Waals surface area (Å²) in [6.07, 6.45) is 0. The molecule has 1 aliphatic rings. The highest BCUT2D eigenvalue weighted by atomic mass is 16.5. The van der Waals surface area contributed by atoms with E-state index in [-0.39, 0.29) is 18.5 Å². The molecule has 0 spiro atoms. The monoisotopic (exact) mass is 259 g/mol. The third-order valence-electron chi connectivity index (χ3n) is 2.86. The lowest BCUT2D eigenvalue weighted by atomic mass is 10.2. The Balaban J connectivity index is 2.17. The van der Waals surface area contributed by atoms with Crippen molar-refractivity contribution in [2.45, 2.75) is 0 Å². The Kier molecular flexibility index (Phi) is 3.78. The van der Waals surface area contributed by atoms with Crippen LogP contribution in [0, 0.1) is 11.3 Å². The molecule has 0 bridgehead atoms. The van der Waals surface area contributed by atoms with E-state index in [0.29, 0.717) is 24.4 Å². The Morgan fingerprint density at radius 2 is 2.00 bits per heavy atom. The smallest absolute Gasteiger partial charge is 0.331 e. The molecule has 0 aliphatic carbocycles. The molecule has 6 nitrogen and oxygen atoms in total. The van der Waals surface area contributed by atoms with Crippen LogP contribution in [-0.4, -0.2) is 43.6 Å². The molecule has 1 aromatic rings. The van der Waals surface area contributed by atoms with Crippen molar-refractivity contribution < 1.29 is 14.3 Å². The highest BCUT2D eigenvalue weighted by Crippen LogP contribution is 2.21. The van der Waals surface area contributed by atoms with Gasteiger partial charge in [0.2, 0.25) is 0 Å². The van der Waals surface area contributed by atoms with Crippen molar-refractivity contribution in [2.75, 3.05) is 31.7 Å². The molecule has 0 atom stereocenters. The molecular formula is C13H13N3O3. The number of carbonyl (C=O) groups excluding carboxylic acids is 2. The van der Waals surface area contributed by atoms with Crippen LogP contribution in [0.2, 0.25) is 0 Å². The van der Waals surface area contributed by atoms with E-state index in [0.717, 1.165) is 4.90 Å². The molecule has 0 aromatic heterocycles. The number of hydrogen-bond donors (Lipinski definition) is 0. The average molecular weight is 259 g/mol. The summed E-state index contributed by atoms with van der Waals surface area (Å²) in [6.45, 7) is 0.830. The van der Waals surface area contributed by atoms with Crippen molar-refractivity contribution in [1.29, 1.82) is 5.26 Å². The molecule has 0 N–H and O–H groups in total. The maximum absolute atomic E-state index is 12.1. The maximum Gasteiger partial charge on any atom is 0.331 e. The van der Waals surface area contributed by atoms with Crippen LogP contribution >= 0.6 is 0 Å². The van der Waals surface area contributed by atoms with Gasteiger partial charge in [0.05, 0.1) is 23.9 Å². The largest absolute Gasteiger partial charge is 0.383 e. The number of amides is 3. The summed E-state index contributed by atoms with van der Waals surface area (Å²) in [4.78, 5) is 26.5. The minimum atomic E-state index is -0.355. The van der Waals surface area contributed by atoms with Gasteiger partial charge in [0.25, 0.3) is 5.91 Å². The van der Waals surface area contributed by atoms with E-state index >= 15 is 0 Å². The minimum Gasteiger partial charge on any atom is -0.383 e. The molecule has 0 saturated carbocycles. The number of methoxy groups -OCH3 is 1. The number of ether oxygens (including phenoxy) is 1. The molecule has 6 heteroatoms. The van der Waals surface area contributed by atoms with Crippen LogP contribution in [0.25, 0.3) is 0 Å². The van der Waals surface area contributed by atoms with Gasteiger partial charge in [-0.2, -0.15) is 5.26 Å². The maximum atomic E-state index is 12.1. The summed E-state index contributed by atoms with van der Waals surface area (Å²) in [6, 6.07) is 7.97. The van der Waals surface area contributed by atoms with E-state index in [1.54, 1.807) is 31.4 Å². The van der Waals surface area contributed by atoms with E-state index in [4.69, 9.17) is 10.00 Å². The average Bonchev–Trinajstić information content (AvgIpc) is 2.71. The van der Waals surface area contributed by atoms with Gasteiger partial charge in [-0.25, -0.2) is 9.69 Å². The SMILES string of the molecule is COCCN1CC(=O)N(c2ccc(C#N)cc2)C1=O. The second-order valence-electron chi connectivity index (χ2n) is 4.08. The minimum absolute atomic E-state index is 0.0577. The van der Waals surface area contributed by atoms with Crippen molar-refractivity contribution in [3.8, 4) is 6.07 Å². The lowest BCUT2D eigenvalue weighted by Crippen LogP contribution is -2.34. The van der Waals surface area contributed by atoms with Gasteiger partial charge in [-0.1, -0.05) is 0 Å². The van der Waals surface area contributed by atoms with Crippen LogP contribution in [0.1, 0.15) is 5.56 Å². The molecule has 1 saturated heterocycles. The first kappa shape index (κ1) is 13.1. The molecule has 0 unspecified atom stereocenters. The molecule has 2 rings (SSSR count). The van der Waals surface area contributed by atoms with Gasteiger partial charge in [0.1, 0.15) is 6.54 Å². The normalized spacial score (nSPS) is 14.9. The summed E-state index contributed by atoms with van der Waals surface area (Å²) < 4.78 is 4.90. The molecule has 1 aromatic carbocycles. The van der Waals surface area contributed by atoms with Crippen LogP contribution in [0.4, 0.5) is 10.5 Å². The van der Waals surface area contributed by atoms with E-state index < -0.39 is 0 Å². The van der Waals surface area contributed by atoms with Crippen LogP contribution in [0.15, 0.2) is 24.3 Å². The van der Waals surface area contributed by atoms with Crippen LogP contribution in [0.3, 0.4) is 0 Å². The second kappa shape index (κ2) is 5.50. The molecule has 98 valence electrons. The third-order valence-corrected chi connectivity index (χ3v) is 2.86. The van der Waals surface area contributed by atoms with E-state index in [9.17, 15) is 9.59 Å². The van der Waals surface area contributed by atoms with Gasteiger partial charge < -0.3 is 9.64 Å². The first-order valence-electron chi connectivity index (χ1n) is 5.78. The standard InChI is InChI=1S/C13H13N3O3/c1-19-7-6-15-9-12(17)16(13(15)18)11-4-2-10(8-14)3-5-11/h2-5H,6-7,9H2,1H3. The number of imide groups is 1. The number of nitriles is 1. The number of anilines is 1. The quantitative estimate of drug-likeness (QED) is 0.755. The van der Waals surface area contributed by atoms with Crippen molar-refractivity contribution in [1.82, 2.24) is 4.90 Å². The van der Waals surface area contributed by atoms with Gasteiger partial charge in [-0.3, -0.25) is 4.79 Å². The Labute approximate surface area is 110 Å². The zero-order valence-corrected chi connectivity index (χ0v) is 10.5.